The lowest BCUT2D eigenvalue weighted by Gasteiger charge is -2.04. The Bertz CT molecular complexity index is 518. The first-order chi connectivity index (χ1) is 7.08. The van der Waals surface area contributed by atoms with E-state index in [2.05, 4.69) is 15.0 Å². The minimum Gasteiger partial charge on any atom is -0.609 e. The molecule has 0 N–H and O–H groups in total. The standard InChI is InChI=1S/C9H8ClN3OS/c1-5-3-6-4-11-9(15(2)14)13-7(6)8(10)12-5/h3-4H,1-2H3. The van der Waals surface area contributed by atoms with Gasteiger partial charge in [0.1, 0.15) is 11.8 Å². The predicted octanol–water partition coefficient (Wildman–Crippen LogP) is 1.72. The maximum absolute atomic E-state index is 11.2. The predicted molar refractivity (Wildman–Crippen MR) is 59.4 cm³/mol. The van der Waals surface area contributed by atoms with E-state index in [0.717, 1.165) is 11.1 Å². The van der Waals surface area contributed by atoms with Crippen molar-refractivity contribution in [2.24, 2.45) is 0 Å². The van der Waals surface area contributed by atoms with Gasteiger partial charge in [0.05, 0.1) is 0 Å². The fraction of sp³-hybridized carbons (Fsp3) is 0.222. The van der Waals surface area contributed by atoms with Crippen LogP contribution >= 0.6 is 11.6 Å². The largest absolute Gasteiger partial charge is 0.609 e. The molecule has 1 unspecified atom stereocenters. The number of hydrogen-bond donors (Lipinski definition) is 0. The number of nitrogens with zero attached hydrogens (tertiary/aromatic N) is 3. The molecule has 0 amide bonds. The van der Waals surface area contributed by atoms with Crippen molar-refractivity contribution in [3.05, 3.63) is 23.1 Å². The number of hydrogen-bond acceptors (Lipinski definition) is 4. The minimum atomic E-state index is -1.21. The number of fused-ring (bicyclic) bond motifs is 1. The highest BCUT2D eigenvalue weighted by atomic mass is 35.5. The molecule has 1 atom stereocenters. The molecule has 0 aliphatic heterocycles. The van der Waals surface area contributed by atoms with Gasteiger partial charge in [-0.05, 0) is 13.0 Å². The van der Waals surface area contributed by atoms with Crippen molar-refractivity contribution in [1.82, 2.24) is 15.0 Å². The molecule has 2 aromatic rings. The van der Waals surface area contributed by atoms with E-state index in [1.54, 1.807) is 6.20 Å². The van der Waals surface area contributed by atoms with Gasteiger partial charge in [0.25, 0.3) is 0 Å². The Balaban J connectivity index is 2.71. The summed E-state index contributed by atoms with van der Waals surface area (Å²) in [7, 11) is 0. The molecule has 0 bridgehead atoms. The van der Waals surface area contributed by atoms with Crippen molar-refractivity contribution in [2.45, 2.75) is 12.1 Å². The van der Waals surface area contributed by atoms with Gasteiger partial charge in [0.15, 0.2) is 5.15 Å². The van der Waals surface area contributed by atoms with Crippen molar-refractivity contribution in [1.29, 1.82) is 0 Å². The van der Waals surface area contributed by atoms with E-state index in [0.29, 0.717) is 10.7 Å². The summed E-state index contributed by atoms with van der Waals surface area (Å²) in [6.45, 7) is 1.84. The van der Waals surface area contributed by atoms with E-state index in [1.807, 2.05) is 13.0 Å². The lowest BCUT2D eigenvalue weighted by Crippen LogP contribution is -2.04. The molecule has 0 aliphatic carbocycles. The van der Waals surface area contributed by atoms with Crippen molar-refractivity contribution >= 4 is 33.7 Å². The quantitative estimate of drug-likeness (QED) is 0.433. The first kappa shape index (κ1) is 10.6. The SMILES string of the molecule is Cc1cc2cnc([S+](C)[O-])nc2c(Cl)n1. The van der Waals surface area contributed by atoms with Gasteiger partial charge in [-0.1, -0.05) is 11.6 Å². The molecule has 2 heterocycles. The number of pyridine rings is 1. The van der Waals surface area contributed by atoms with Gasteiger partial charge in [-0.3, -0.25) is 0 Å². The molecular weight excluding hydrogens is 234 g/mol. The minimum absolute atomic E-state index is 0.273. The zero-order valence-electron chi connectivity index (χ0n) is 8.19. The van der Waals surface area contributed by atoms with Gasteiger partial charge in [0, 0.05) is 28.5 Å². The maximum Gasteiger partial charge on any atom is 0.343 e. The second-order valence-electron chi connectivity index (χ2n) is 3.10. The Morgan fingerprint density at radius 1 is 1.40 bits per heavy atom. The Morgan fingerprint density at radius 3 is 2.80 bits per heavy atom. The molecule has 15 heavy (non-hydrogen) atoms. The van der Waals surface area contributed by atoms with E-state index in [4.69, 9.17) is 11.6 Å². The molecule has 0 saturated heterocycles. The van der Waals surface area contributed by atoms with Crippen LogP contribution in [0.15, 0.2) is 17.4 Å². The fourth-order valence-corrected chi connectivity index (χ4v) is 1.96. The molecule has 0 aromatic carbocycles. The van der Waals surface area contributed by atoms with Crippen LogP contribution in [0.3, 0.4) is 0 Å². The van der Waals surface area contributed by atoms with Crippen LogP contribution in [-0.2, 0) is 11.2 Å². The molecule has 2 rings (SSSR count). The zero-order chi connectivity index (χ0) is 11.0. The smallest absolute Gasteiger partial charge is 0.343 e. The molecule has 0 spiro atoms. The van der Waals surface area contributed by atoms with Crippen molar-refractivity contribution in [2.75, 3.05) is 6.26 Å². The normalized spacial score (nSPS) is 13.1. The average Bonchev–Trinajstić information content (AvgIpc) is 2.16. The summed E-state index contributed by atoms with van der Waals surface area (Å²) >= 11 is 4.73. The highest BCUT2D eigenvalue weighted by Crippen LogP contribution is 2.20. The number of aryl methyl sites for hydroxylation is 1. The first-order valence-electron chi connectivity index (χ1n) is 4.21. The highest BCUT2D eigenvalue weighted by molar-refractivity contribution is 7.90. The van der Waals surface area contributed by atoms with Gasteiger partial charge >= 0.3 is 5.16 Å². The Morgan fingerprint density at radius 2 is 2.13 bits per heavy atom. The van der Waals surface area contributed by atoms with Gasteiger partial charge in [-0.15, -0.1) is 0 Å². The third-order valence-corrected chi connectivity index (χ3v) is 2.86. The van der Waals surface area contributed by atoms with Crippen LogP contribution < -0.4 is 0 Å². The van der Waals surface area contributed by atoms with E-state index in [9.17, 15) is 4.55 Å². The van der Waals surface area contributed by atoms with Crippen LogP contribution in [0.2, 0.25) is 5.15 Å². The van der Waals surface area contributed by atoms with Gasteiger partial charge in [0.2, 0.25) is 0 Å². The Hall–Kier alpha value is -0.910. The van der Waals surface area contributed by atoms with Gasteiger partial charge in [-0.2, -0.15) is 9.97 Å². The molecule has 0 fully saturated rings. The van der Waals surface area contributed by atoms with Crippen molar-refractivity contribution < 1.29 is 4.55 Å². The maximum atomic E-state index is 11.2. The topological polar surface area (TPSA) is 61.7 Å². The average molecular weight is 242 g/mol. The van der Waals surface area contributed by atoms with Crippen LogP contribution in [0.25, 0.3) is 10.9 Å². The van der Waals surface area contributed by atoms with Crippen LogP contribution in [-0.4, -0.2) is 25.8 Å². The lowest BCUT2D eigenvalue weighted by molar-refractivity contribution is 0.593. The number of halogens is 1. The lowest BCUT2D eigenvalue weighted by atomic mass is 10.3. The second-order valence-corrected chi connectivity index (χ2v) is 4.73. The molecule has 0 aliphatic rings. The highest BCUT2D eigenvalue weighted by Gasteiger charge is 2.11. The summed E-state index contributed by atoms with van der Waals surface area (Å²) in [6, 6.07) is 1.84. The molecule has 6 heteroatoms. The molecule has 4 nitrogen and oxygen atoms in total. The van der Waals surface area contributed by atoms with Crippen molar-refractivity contribution in [3.8, 4) is 0 Å². The summed E-state index contributed by atoms with van der Waals surface area (Å²) in [4.78, 5) is 12.2. The second kappa shape index (κ2) is 3.92. The first-order valence-corrected chi connectivity index (χ1v) is 6.15. The van der Waals surface area contributed by atoms with E-state index in [-0.39, 0.29) is 5.16 Å². The third-order valence-electron chi connectivity index (χ3n) is 1.89. The van der Waals surface area contributed by atoms with Crippen LogP contribution in [0.5, 0.6) is 0 Å². The summed E-state index contributed by atoms with van der Waals surface area (Å²) < 4.78 is 11.2. The van der Waals surface area contributed by atoms with Crippen LogP contribution in [0.1, 0.15) is 5.69 Å². The third kappa shape index (κ3) is 2.04. The van der Waals surface area contributed by atoms with Crippen LogP contribution in [0.4, 0.5) is 0 Å². The summed E-state index contributed by atoms with van der Waals surface area (Å²) in [5, 5.41) is 1.40. The zero-order valence-corrected chi connectivity index (χ0v) is 9.76. The molecular formula is C9H8ClN3OS. The number of rotatable bonds is 1. The summed E-state index contributed by atoms with van der Waals surface area (Å²) in [6.07, 6.45) is 3.14. The fourth-order valence-electron chi connectivity index (χ4n) is 1.25. The molecule has 0 saturated carbocycles. The molecule has 78 valence electrons. The Kier molecular flexibility index (Phi) is 2.77. The number of aromatic nitrogens is 3. The molecule has 2 aromatic heterocycles. The van der Waals surface area contributed by atoms with Crippen LogP contribution in [0, 0.1) is 6.92 Å². The van der Waals surface area contributed by atoms with Gasteiger partial charge in [-0.25, -0.2) is 4.98 Å². The van der Waals surface area contributed by atoms with E-state index in [1.165, 1.54) is 6.26 Å². The Labute approximate surface area is 94.9 Å². The molecule has 0 radical (unpaired) electrons. The van der Waals surface area contributed by atoms with E-state index >= 15 is 0 Å². The summed E-state index contributed by atoms with van der Waals surface area (Å²) in [5.74, 6) is 0. The van der Waals surface area contributed by atoms with Gasteiger partial charge < -0.3 is 4.55 Å². The van der Waals surface area contributed by atoms with E-state index < -0.39 is 11.2 Å². The monoisotopic (exact) mass is 241 g/mol. The summed E-state index contributed by atoms with van der Waals surface area (Å²) in [5.41, 5.74) is 1.35. The van der Waals surface area contributed by atoms with Crippen molar-refractivity contribution in [3.63, 3.8) is 0 Å².